The second kappa shape index (κ2) is 5.95. The van der Waals surface area contributed by atoms with E-state index in [9.17, 15) is 4.79 Å². The monoisotopic (exact) mass is 268 g/mol. The first-order valence-electron chi connectivity index (χ1n) is 1.15. The van der Waals surface area contributed by atoms with E-state index in [0.29, 0.717) is 0 Å². The third kappa shape index (κ3) is 8.87. The number of hydrogen-bond acceptors (Lipinski definition) is 1. The van der Waals surface area contributed by atoms with Gasteiger partial charge < -0.3 is 0 Å². The molecule has 0 saturated heterocycles. The fourth-order valence-electron chi connectivity index (χ4n) is 0. The van der Waals surface area contributed by atoms with Gasteiger partial charge in [-0.15, -0.1) is 0 Å². The third-order valence-electron chi connectivity index (χ3n) is 0.185. The van der Waals surface area contributed by atoms with Crippen molar-refractivity contribution in [3.05, 3.63) is 12.7 Å². The maximum atomic E-state index is 9.73. The minimum absolute atomic E-state index is 0. The van der Waals surface area contributed by atoms with Crippen molar-refractivity contribution in [3.63, 3.8) is 0 Å². The van der Waals surface area contributed by atoms with E-state index in [1.165, 1.54) is 6.08 Å². The van der Waals surface area contributed by atoms with Gasteiger partial charge in [-0.25, -0.2) is 0 Å². The van der Waals surface area contributed by atoms with Crippen LogP contribution in [0.15, 0.2) is 12.7 Å². The SMILES string of the molecule is C=C[C](=O)[Sn].[Nb]. The molecule has 3 heteroatoms. The molecule has 6 heavy (non-hydrogen) atoms. The molecule has 0 fully saturated rings. The van der Waals surface area contributed by atoms with Crippen LogP contribution in [-0.2, 0) is 27.2 Å². The van der Waals surface area contributed by atoms with E-state index in [2.05, 4.69) is 6.58 Å². The second-order valence-corrected chi connectivity index (χ2v) is 1.97. The Hall–Kier alpha value is 0.949. The first-order valence-corrected chi connectivity index (χ1v) is 2.58. The fourth-order valence-corrected chi connectivity index (χ4v) is 0. The summed E-state index contributed by atoms with van der Waals surface area (Å²) < 4.78 is 0.109. The molecule has 0 saturated carbocycles. The van der Waals surface area contributed by atoms with E-state index in [1.54, 1.807) is 0 Å². The van der Waals surface area contributed by atoms with Gasteiger partial charge in [0.25, 0.3) is 0 Å². The molecule has 0 atom stereocenters. The number of hydrogen-bond donors (Lipinski definition) is 0. The fraction of sp³-hybridized carbons (Fsp3) is 0. The minimum atomic E-state index is 0. The molecule has 0 heterocycles. The average Bonchev–Trinajstić information content (AvgIpc) is 1.38. The van der Waals surface area contributed by atoms with Gasteiger partial charge in [0.15, 0.2) is 0 Å². The molecule has 1 nitrogen and oxygen atoms in total. The zero-order valence-corrected chi connectivity index (χ0v) is 8.19. The smallest absolute Gasteiger partial charge is 0 e. The molecule has 0 bridgehead atoms. The van der Waals surface area contributed by atoms with Gasteiger partial charge in [0.2, 0.25) is 0 Å². The Labute approximate surface area is 65.8 Å². The normalized spacial score (nSPS) is 5.50. The van der Waals surface area contributed by atoms with Crippen molar-refractivity contribution in [2.75, 3.05) is 0 Å². The molecule has 0 N–H and O–H groups in total. The van der Waals surface area contributed by atoms with Crippen molar-refractivity contribution >= 4 is 26.3 Å². The summed E-state index contributed by atoms with van der Waals surface area (Å²) in [6.07, 6.45) is 1.32. The van der Waals surface area contributed by atoms with Crippen molar-refractivity contribution in [3.8, 4) is 0 Å². The molecule has 0 aliphatic carbocycles. The van der Waals surface area contributed by atoms with Crippen molar-refractivity contribution in [1.29, 1.82) is 0 Å². The number of carbonyl (C=O) groups excluding carboxylic acids is 1. The van der Waals surface area contributed by atoms with Crippen LogP contribution in [0.1, 0.15) is 0 Å². The largest absolute Gasteiger partial charge is 0 e. The zero-order valence-electron chi connectivity index (χ0n) is 3.14. The van der Waals surface area contributed by atoms with Gasteiger partial charge in [-0.3, -0.25) is 0 Å². The summed E-state index contributed by atoms with van der Waals surface area (Å²) >= 11 is 0.913. The molecule has 0 aromatic carbocycles. The Morgan fingerprint density at radius 2 is 2.00 bits per heavy atom. The maximum Gasteiger partial charge on any atom is 0 e. The minimum Gasteiger partial charge on any atom is 0 e. The van der Waals surface area contributed by atoms with Crippen molar-refractivity contribution < 1.29 is 27.2 Å². The molecular weight excluding hydrogens is 264 g/mol. The van der Waals surface area contributed by atoms with Crippen LogP contribution in [-0.4, -0.2) is 26.3 Å². The second-order valence-electron chi connectivity index (χ2n) is 0.568. The van der Waals surface area contributed by atoms with E-state index in [-0.39, 0.29) is 26.2 Å². The van der Waals surface area contributed by atoms with Crippen molar-refractivity contribution in [1.82, 2.24) is 0 Å². The van der Waals surface area contributed by atoms with Crippen molar-refractivity contribution in [2.24, 2.45) is 0 Å². The van der Waals surface area contributed by atoms with Gasteiger partial charge >= 0.3 is 43.8 Å². The Morgan fingerprint density at radius 1 is 1.83 bits per heavy atom. The van der Waals surface area contributed by atoms with Crippen LogP contribution in [0.25, 0.3) is 0 Å². The summed E-state index contributed by atoms with van der Waals surface area (Å²) in [5, 5.41) is 0. The molecule has 0 aromatic heterocycles. The Kier molecular flexibility index (Phi) is 9.96. The van der Waals surface area contributed by atoms with Gasteiger partial charge in [-0.05, 0) is 0 Å². The van der Waals surface area contributed by atoms with Gasteiger partial charge in [0.05, 0.1) is 0 Å². The predicted molar refractivity (Wildman–Crippen MR) is 21.0 cm³/mol. The first kappa shape index (κ1) is 10.0. The molecule has 30 valence electrons. The molecule has 0 aliphatic rings. The number of allylic oxidation sites excluding steroid dienone is 1. The molecule has 0 aliphatic heterocycles. The molecule has 0 amide bonds. The zero-order chi connectivity index (χ0) is 4.28. The Morgan fingerprint density at radius 3 is 2.00 bits per heavy atom. The first-order chi connectivity index (χ1) is 2.27. The summed E-state index contributed by atoms with van der Waals surface area (Å²) in [5.74, 6) is 0. The summed E-state index contributed by atoms with van der Waals surface area (Å²) in [6.45, 7) is 3.23. The molecule has 0 unspecified atom stereocenters. The van der Waals surface area contributed by atoms with Crippen LogP contribution >= 0.6 is 0 Å². The summed E-state index contributed by atoms with van der Waals surface area (Å²) in [4.78, 5) is 9.73. The average molecular weight is 267 g/mol. The Balaban J connectivity index is 0. The van der Waals surface area contributed by atoms with Crippen LogP contribution < -0.4 is 0 Å². The molecule has 0 aromatic rings. The topological polar surface area (TPSA) is 17.1 Å². The predicted octanol–water partition coefficient (Wildman–Crippen LogP) is -0.135. The summed E-state index contributed by atoms with van der Waals surface area (Å²) in [6, 6.07) is 0. The summed E-state index contributed by atoms with van der Waals surface area (Å²) in [7, 11) is 0. The van der Waals surface area contributed by atoms with E-state index in [1.807, 2.05) is 0 Å². The van der Waals surface area contributed by atoms with Crippen LogP contribution in [0.2, 0.25) is 0 Å². The van der Waals surface area contributed by atoms with Crippen LogP contribution in [0.5, 0.6) is 0 Å². The van der Waals surface area contributed by atoms with Gasteiger partial charge in [-0.2, -0.15) is 0 Å². The molecule has 0 spiro atoms. The molecular formula is C3H3NbOSn. The van der Waals surface area contributed by atoms with Crippen LogP contribution in [0.3, 0.4) is 0 Å². The van der Waals surface area contributed by atoms with Gasteiger partial charge in [-0.1, -0.05) is 0 Å². The quantitative estimate of drug-likeness (QED) is 0.477. The van der Waals surface area contributed by atoms with E-state index >= 15 is 0 Å². The summed E-state index contributed by atoms with van der Waals surface area (Å²) in [5.41, 5.74) is 0. The van der Waals surface area contributed by atoms with Gasteiger partial charge in [0, 0.05) is 22.4 Å². The third-order valence-corrected chi connectivity index (χ3v) is 0.768. The molecule has 4 radical (unpaired) electrons. The van der Waals surface area contributed by atoms with E-state index in [0.717, 1.165) is 22.5 Å². The number of rotatable bonds is 1. The van der Waals surface area contributed by atoms with Crippen molar-refractivity contribution in [2.45, 2.75) is 0 Å². The maximum absolute atomic E-state index is 9.73. The Bertz CT molecular complexity index is 61.8. The van der Waals surface area contributed by atoms with Crippen LogP contribution in [0, 0.1) is 0 Å². The standard InChI is InChI=1S/C3H3O.Nb.Sn/c1-2-3-4;;/h2H,1H2;;. The van der Waals surface area contributed by atoms with Crippen LogP contribution in [0.4, 0.5) is 0 Å². The van der Waals surface area contributed by atoms with E-state index < -0.39 is 0 Å². The molecule has 0 rings (SSSR count). The van der Waals surface area contributed by atoms with Gasteiger partial charge in [0.1, 0.15) is 0 Å². The number of carbonyl (C=O) groups is 1. The van der Waals surface area contributed by atoms with E-state index in [4.69, 9.17) is 0 Å².